The highest BCUT2D eigenvalue weighted by Crippen LogP contribution is 2.34. The quantitative estimate of drug-likeness (QED) is 0.625. The summed E-state index contributed by atoms with van der Waals surface area (Å²) < 4.78 is 27.4. The summed E-state index contributed by atoms with van der Waals surface area (Å²) in [6, 6.07) is 3.74. The summed E-state index contributed by atoms with van der Waals surface area (Å²) in [5.41, 5.74) is 0.00540. The monoisotopic (exact) mass is 337 g/mol. The molecule has 3 rings (SSSR count). The van der Waals surface area contributed by atoms with Crippen LogP contribution in [0.5, 0.6) is 0 Å². The number of urea groups is 1. The Hall–Kier alpha value is -2.54. The molecule has 1 aromatic heterocycles. The summed E-state index contributed by atoms with van der Waals surface area (Å²) in [5, 5.41) is 0.203. The van der Waals surface area contributed by atoms with Crippen LogP contribution in [0.3, 0.4) is 0 Å². The first-order chi connectivity index (χ1) is 10.9. The van der Waals surface area contributed by atoms with Crippen LogP contribution in [0.25, 0.3) is 0 Å². The number of nitrogens with zero attached hydrogens (tertiary/aromatic N) is 3. The lowest BCUT2D eigenvalue weighted by Crippen LogP contribution is -2.31. The fourth-order valence-corrected chi connectivity index (χ4v) is 2.57. The number of anilines is 1. The molecule has 118 valence electrons. The maximum absolute atomic E-state index is 14.0. The Kier molecular flexibility index (Phi) is 3.73. The zero-order valence-corrected chi connectivity index (χ0v) is 12.6. The number of halogens is 3. The molecule has 1 saturated heterocycles. The Labute approximate surface area is 135 Å². The third-order valence-electron chi connectivity index (χ3n) is 3.56. The van der Waals surface area contributed by atoms with Crippen molar-refractivity contribution in [1.82, 2.24) is 9.88 Å². The molecule has 0 saturated carbocycles. The van der Waals surface area contributed by atoms with Crippen molar-refractivity contribution in [2.24, 2.45) is 0 Å². The maximum Gasteiger partial charge on any atom is 0.332 e. The lowest BCUT2D eigenvalue weighted by molar-refractivity contribution is -0.119. The average Bonchev–Trinajstić information content (AvgIpc) is 2.73. The number of hydrogen-bond donors (Lipinski definition) is 0. The van der Waals surface area contributed by atoms with E-state index in [9.17, 15) is 18.4 Å². The second kappa shape index (κ2) is 5.58. The first kappa shape index (κ1) is 15.4. The molecule has 1 fully saturated rings. The molecule has 1 aliphatic rings. The number of carbonyl (C=O) groups is 2. The van der Waals surface area contributed by atoms with E-state index in [-0.39, 0.29) is 16.4 Å². The van der Waals surface area contributed by atoms with Crippen LogP contribution in [0.2, 0.25) is 5.15 Å². The highest BCUT2D eigenvalue weighted by Gasteiger charge is 2.46. The molecule has 1 aromatic carbocycles. The van der Waals surface area contributed by atoms with Gasteiger partial charge >= 0.3 is 6.03 Å². The van der Waals surface area contributed by atoms with E-state index < -0.39 is 29.6 Å². The van der Waals surface area contributed by atoms with Gasteiger partial charge in [0.1, 0.15) is 22.8 Å². The fraction of sp³-hybridized carbons (Fsp3) is 0.133. The zero-order valence-electron chi connectivity index (χ0n) is 11.8. The van der Waals surface area contributed by atoms with Crippen molar-refractivity contribution in [2.75, 3.05) is 11.9 Å². The van der Waals surface area contributed by atoms with Gasteiger partial charge in [0.25, 0.3) is 5.91 Å². The number of benzene rings is 1. The van der Waals surface area contributed by atoms with Gasteiger partial charge in [0.05, 0.1) is 11.9 Å². The van der Waals surface area contributed by atoms with E-state index in [1.54, 1.807) is 0 Å². The highest BCUT2D eigenvalue weighted by molar-refractivity contribution is 6.29. The molecule has 0 spiro atoms. The van der Waals surface area contributed by atoms with Gasteiger partial charge in [-0.3, -0.25) is 4.79 Å². The second-order valence-electron chi connectivity index (χ2n) is 4.97. The predicted molar refractivity (Wildman–Crippen MR) is 79.0 cm³/mol. The van der Waals surface area contributed by atoms with Gasteiger partial charge in [-0.15, -0.1) is 0 Å². The first-order valence-corrected chi connectivity index (χ1v) is 6.95. The minimum Gasteiger partial charge on any atom is -0.311 e. The van der Waals surface area contributed by atoms with E-state index in [0.29, 0.717) is 0 Å². The molecule has 0 radical (unpaired) electrons. The number of rotatable bonds is 2. The van der Waals surface area contributed by atoms with Gasteiger partial charge in [0, 0.05) is 12.6 Å². The Morgan fingerprint density at radius 3 is 2.57 bits per heavy atom. The molecule has 2 aromatic rings. The van der Waals surface area contributed by atoms with E-state index in [1.807, 2.05) is 0 Å². The topological polar surface area (TPSA) is 53.5 Å². The van der Waals surface area contributed by atoms with Gasteiger partial charge in [-0.05, 0) is 30.3 Å². The van der Waals surface area contributed by atoms with Crippen LogP contribution in [0, 0.1) is 11.6 Å². The average molecular weight is 338 g/mol. The molecule has 1 atom stereocenters. The van der Waals surface area contributed by atoms with Crippen molar-refractivity contribution in [3.05, 3.63) is 58.9 Å². The summed E-state index contributed by atoms with van der Waals surface area (Å²) >= 11 is 5.68. The minimum absolute atomic E-state index is 0.199. The minimum atomic E-state index is -1.24. The van der Waals surface area contributed by atoms with Gasteiger partial charge in [0.2, 0.25) is 0 Å². The molecule has 1 aliphatic heterocycles. The Morgan fingerprint density at radius 1 is 1.17 bits per heavy atom. The van der Waals surface area contributed by atoms with Crippen LogP contribution in [0.15, 0.2) is 36.5 Å². The van der Waals surface area contributed by atoms with Crippen LogP contribution in [-0.4, -0.2) is 28.9 Å². The Bertz CT molecular complexity index is 798. The largest absolute Gasteiger partial charge is 0.332 e. The van der Waals surface area contributed by atoms with E-state index in [2.05, 4.69) is 4.98 Å². The molecule has 2 heterocycles. The number of aromatic nitrogens is 1. The van der Waals surface area contributed by atoms with E-state index in [0.717, 1.165) is 28.0 Å². The van der Waals surface area contributed by atoms with E-state index >= 15 is 0 Å². The predicted octanol–water partition coefficient (Wildman–Crippen LogP) is 3.15. The van der Waals surface area contributed by atoms with Crippen LogP contribution >= 0.6 is 11.6 Å². The molecule has 23 heavy (non-hydrogen) atoms. The van der Waals surface area contributed by atoms with Gasteiger partial charge in [-0.25, -0.2) is 23.5 Å². The molecule has 0 bridgehead atoms. The van der Waals surface area contributed by atoms with Crippen molar-refractivity contribution < 1.29 is 18.4 Å². The van der Waals surface area contributed by atoms with E-state index in [1.165, 1.54) is 25.4 Å². The van der Waals surface area contributed by atoms with Gasteiger partial charge < -0.3 is 4.90 Å². The van der Waals surface area contributed by atoms with Crippen molar-refractivity contribution in [2.45, 2.75) is 6.04 Å². The molecular weight excluding hydrogens is 328 g/mol. The summed E-state index contributed by atoms with van der Waals surface area (Å²) in [6.07, 6.45) is 1.26. The normalized spacial score (nSPS) is 18.0. The smallest absolute Gasteiger partial charge is 0.311 e. The standard InChI is InChI=1S/C15H10ClF2N3O2/c1-20-13(10-6-8(17)2-4-11(10)18)14(22)21(15(20)23)9-3-5-12(16)19-7-9/h2-7,13H,1H3/t13-/m1/s1. The van der Waals surface area contributed by atoms with Crippen molar-refractivity contribution in [3.8, 4) is 0 Å². The molecule has 3 amide bonds. The number of imide groups is 1. The second-order valence-corrected chi connectivity index (χ2v) is 5.36. The van der Waals surface area contributed by atoms with Gasteiger partial charge in [-0.2, -0.15) is 0 Å². The molecule has 0 N–H and O–H groups in total. The van der Waals surface area contributed by atoms with Crippen molar-refractivity contribution in [3.63, 3.8) is 0 Å². The summed E-state index contributed by atoms with van der Waals surface area (Å²) in [4.78, 5) is 30.6. The van der Waals surface area contributed by atoms with Crippen molar-refractivity contribution >= 4 is 29.2 Å². The number of carbonyl (C=O) groups excluding carboxylic acids is 2. The summed E-state index contributed by atoms with van der Waals surface area (Å²) in [5.74, 6) is -2.15. The van der Waals surface area contributed by atoms with Gasteiger partial charge in [0.15, 0.2) is 0 Å². The van der Waals surface area contributed by atoms with E-state index in [4.69, 9.17) is 11.6 Å². The maximum atomic E-state index is 14.0. The first-order valence-electron chi connectivity index (χ1n) is 6.57. The van der Waals surface area contributed by atoms with Crippen LogP contribution in [-0.2, 0) is 4.79 Å². The molecule has 0 unspecified atom stereocenters. The van der Waals surface area contributed by atoms with Crippen LogP contribution < -0.4 is 4.90 Å². The van der Waals surface area contributed by atoms with Crippen molar-refractivity contribution in [1.29, 1.82) is 0 Å². The lowest BCUT2D eigenvalue weighted by atomic mass is 10.1. The number of amides is 3. The molecule has 0 aliphatic carbocycles. The number of pyridine rings is 1. The fourth-order valence-electron chi connectivity index (χ4n) is 2.45. The van der Waals surface area contributed by atoms with Gasteiger partial charge in [-0.1, -0.05) is 11.6 Å². The lowest BCUT2D eigenvalue weighted by Gasteiger charge is -2.16. The summed E-state index contributed by atoms with van der Waals surface area (Å²) in [6.45, 7) is 0. The number of hydrogen-bond acceptors (Lipinski definition) is 3. The Morgan fingerprint density at radius 2 is 1.91 bits per heavy atom. The highest BCUT2D eigenvalue weighted by atomic mass is 35.5. The molecule has 5 nitrogen and oxygen atoms in total. The molecular formula is C15H10ClF2N3O2. The third-order valence-corrected chi connectivity index (χ3v) is 3.78. The van der Waals surface area contributed by atoms with Crippen LogP contribution in [0.1, 0.15) is 11.6 Å². The SMILES string of the molecule is CN1C(=O)N(c2ccc(Cl)nc2)C(=O)[C@H]1c1cc(F)ccc1F. The Balaban J connectivity index is 2.04. The number of likely N-dealkylation sites (N-methyl/N-ethyl adjacent to an activating group) is 1. The zero-order chi connectivity index (χ0) is 16.7. The third kappa shape index (κ3) is 2.53. The van der Waals surface area contributed by atoms with Crippen LogP contribution in [0.4, 0.5) is 19.3 Å². The molecule has 8 heteroatoms. The summed E-state index contributed by atoms with van der Waals surface area (Å²) in [7, 11) is 1.35.